The van der Waals surface area contributed by atoms with Gasteiger partial charge in [0.15, 0.2) is 0 Å². The molecule has 0 aliphatic rings. The molecule has 1 heterocycles. The first-order valence-electron chi connectivity index (χ1n) is 7.86. The number of aromatic nitrogens is 1. The number of carbonyl (C=O) groups is 1. The first kappa shape index (κ1) is 19.9. The van der Waals surface area contributed by atoms with Gasteiger partial charge in [0, 0.05) is 38.6 Å². The number of rotatable bonds is 7. The maximum absolute atomic E-state index is 12.4. The van der Waals surface area contributed by atoms with Crippen LogP contribution in [0.15, 0.2) is 11.6 Å². The van der Waals surface area contributed by atoms with Gasteiger partial charge < -0.3 is 19.3 Å². The van der Waals surface area contributed by atoms with Gasteiger partial charge in [0.2, 0.25) is 0 Å². The molecule has 0 fully saturated rings. The number of nitriles is 1. The minimum atomic E-state index is -1.01. The van der Waals surface area contributed by atoms with Gasteiger partial charge >= 0.3 is 0 Å². The smallest absolute Gasteiger partial charge is 0.264 e. The first-order valence-corrected chi connectivity index (χ1v) is 7.86. The van der Waals surface area contributed by atoms with E-state index in [1.165, 1.54) is 4.90 Å². The van der Waals surface area contributed by atoms with Gasteiger partial charge in [0.05, 0.1) is 12.2 Å². The number of likely N-dealkylation sites (N-methyl/N-ethyl adjacent to an activating group) is 1. The largest absolute Gasteiger partial charge is 0.389 e. The van der Waals surface area contributed by atoms with Gasteiger partial charge in [-0.05, 0) is 45.4 Å². The Morgan fingerprint density at radius 1 is 1.50 bits per heavy atom. The van der Waals surface area contributed by atoms with Crippen LogP contribution < -0.4 is 0 Å². The van der Waals surface area contributed by atoms with E-state index in [2.05, 4.69) is 4.57 Å². The maximum Gasteiger partial charge on any atom is 0.264 e. The second-order valence-corrected chi connectivity index (χ2v) is 6.61. The van der Waals surface area contributed by atoms with Crippen molar-refractivity contribution in [2.75, 3.05) is 27.3 Å². The van der Waals surface area contributed by atoms with Gasteiger partial charge in [-0.3, -0.25) is 4.79 Å². The third-order valence-electron chi connectivity index (χ3n) is 3.75. The number of methoxy groups -OCH3 is 1. The Morgan fingerprint density at radius 2 is 2.12 bits per heavy atom. The van der Waals surface area contributed by atoms with Crippen molar-refractivity contribution in [3.05, 3.63) is 28.6 Å². The van der Waals surface area contributed by atoms with Crippen LogP contribution in [0.25, 0.3) is 6.08 Å². The van der Waals surface area contributed by atoms with Gasteiger partial charge in [-0.15, -0.1) is 0 Å². The molecule has 0 unspecified atom stereocenters. The van der Waals surface area contributed by atoms with E-state index < -0.39 is 11.5 Å². The van der Waals surface area contributed by atoms with Crippen molar-refractivity contribution >= 4 is 12.0 Å². The molecule has 0 saturated carbocycles. The number of ether oxygens (including phenoxy) is 1. The van der Waals surface area contributed by atoms with Gasteiger partial charge in [-0.1, -0.05) is 0 Å². The summed E-state index contributed by atoms with van der Waals surface area (Å²) in [5.74, 6) is -0.402. The Balaban J connectivity index is 3.09. The van der Waals surface area contributed by atoms with Crippen LogP contribution in [0, 0.1) is 25.2 Å². The van der Waals surface area contributed by atoms with Crippen molar-refractivity contribution in [3.8, 4) is 6.07 Å². The number of carbonyl (C=O) groups excluding carboxylic acids is 1. The lowest BCUT2D eigenvalue weighted by Crippen LogP contribution is -2.40. The molecule has 0 aliphatic carbocycles. The molecule has 1 aromatic rings. The monoisotopic (exact) mass is 333 g/mol. The van der Waals surface area contributed by atoms with Gasteiger partial charge in [0.25, 0.3) is 5.91 Å². The summed E-state index contributed by atoms with van der Waals surface area (Å²) in [4.78, 5) is 13.8. The fourth-order valence-electron chi connectivity index (χ4n) is 2.66. The molecule has 0 aliphatic heterocycles. The second-order valence-electron chi connectivity index (χ2n) is 6.61. The lowest BCUT2D eigenvalue weighted by atomic mass is 10.1. The van der Waals surface area contributed by atoms with Crippen LogP contribution in [0.4, 0.5) is 0 Å². The lowest BCUT2D eigenvalue weighted by molar-refractivity contribution is -0.128. The van der Waals surface area contributed by atoms with Crippen LogP contribution in [0.3, 0.4) is 0 Å². The number of hydrogen-bond acceptors (Lipinski definition) is 4. The molecule has 0 bridgehead atoms. The molecule has 6 nitrogen and oxygen atoms in total. The minimum absolute atomic E-state index is 0.0498. The number of aryl methyl sites for hydroxylation is 1. The highest BCUT2D eigenvalue weighted by Crippen LogP contribution is 2.19. The SMILES string of the molecule is COCCn1c(C)cc(/C=C(/C#N)C(=O)N(C)CC(C)(C)O)c1C. The van der Waals surface area contributed by atoms with Crippen molar-refractivity contribution in [1.29, 1.82) is 5.26 Å². The molecule has 0 atom stereocenters. The summed E-state index contributed by atoms with van der Waals surface area (Å²) in [6, 6.07) is 3.92. The van der Waals surface area contributed by atoms with Crippen molar-refractivity contribution in [1.82, 2.24) is 9.47 Å². The highest BCUT2D eigenvalue weighted by Gasteiger charge is 2.22. The molecule has 1 N–H and O–H groups in total. The highest BCUT2D eigenvalue weighted by molar-refractivity contribution is 6.01. The summed E-state index contributed by atoms with van der Waals surface area (Å²) >= 11 is 0. The molecule has 1 rings (SSSR count). The van der Waals surface area contributed by atoms with Crippen LogP contribution in [0.1, 0.15) is 30.8 Å². The van der Waals surface area contributed by atoms with E-state index in [1.54, 1.807) is 34.1 Å². The van der Waals surface area contributed by atoms with Crippen LogP contribution in [-0.4, -0.2) is 53.4 Å². The van der Waals surface area contributed by atoms with E-state index in [4.69, 9.17) is 4.74 Å². The molecule has 0 aromatic carbocycles. The lowest BCUT2D eigenvalue weighted by Gasteiger charge is -2.25. The normalized spacial score (nSPS) is 12.2. The molecule has 0 radical (unpaired) electrons. The Labute approximate surface area is 143 Å². The van der Waals surface area contributed by atoms with E-state index in [0.29, 0.717) is 6.61 Å². The zero-order valence-electron chi connectivity index (χ0n) is 15.4. The second kappa shape index (κ2) is 8.13. The zero-order chi connectivity index (χ0) is 18.5. The van der Waals surface area contributed by atoms with E-state index in [0.717, 1.165) is 23.5 Å². The Morgan fingerprint density at radius 3 is 2.62 bits per heavy atom. The quantitative estimate of drug-likeness (QED) is 0.610. The van der Waals surface area contributed by atoms with Gasteiger partial charge in [-0.2, -0.15) is 5.26 Å². The molecule has 0 saturated heterocycles. The van der Waals surface area contributed by atoms with Crippen molar-refractivity contribution in [2.24, 2.45) is 0 Å². The average molecular weight is 333 g/mol. The summed E-state index contributed by atoms with van der Waals surface area (Å²) in [5.41, 5.74) is 1.90. The summed E-state index contributed by atoms with van der Waals surface area (Å²) < 4.78 is 7.20. The molecule has 132 valence electrons. The number of hydrogen-bond donors (Lipinski definition) is 1. The molecule has 24 heavy (non-hydrogen) atoms. The Kier molecular flexibility index (Phi) is 6.76. The third kappa shape index (κ3) is 5.22. The van der Waals surface area contributed by atoms with Crippen LogP contribution in [-0.2, 0) is 16.1 Å². The Hall–Kier alpha value is -2.10. The van der Waals surface area contributed by atoms with E-state index in [9.17, 15) is 15.2 Å². The highest BCUT2D eigenvalue weighted by atomic mass is 16.5. The molecule has 1 aromatic heterocycles. The summed E-state index contributed by atoms with van der Waals surface area (Å²) in [7, 11) is 3.23. The van der Waals surface area contributed by atoms with E-state index >= 15 is 0 Å². The van der Waals surface area contributed by atoms with Gasteiger partial charge in [-0.25, -0.2) is 0 Å². The Bertz CT molecular complexity index is 660. The molecule has 0 spiro atoms. The van der Waals surface area contributed by atoms with Crippen molar-refractivity contribution in [3.63, 3.8) is 0 Å². The maximum atomic E-state index is 12.4. The summed E-state index contributed by atoms with van der Waals surface area (Å²) in [6.45, 7) is 8.64. The standard InChI is InChI=1S/C18H27N3O3/c1-13-9-15(14(2)21(13)7-8-24-6)10-16(11-19)17(22)20(5)12-18(3,4)23/h9-10,23H,7-8,12H2,1-6H3/b16-10-. The van der Waals surface area contributed by atoms with E-state index in [-0.39, 0.29) is 12.1 Å². The third-order valence-corrected chi connectivity index (χ3v) is 3.75. The van der Waals surface area contributed by atoms with Crippen molar-refractivity contribution < 1.29 is 14.6 Å². The predicted octanol–water partition coefficient (Wildman–Crippen LogP) is 1.89. The topological polar surface area (TPSA) is 78.5 Å². The number of amides is 1. The average Bonchev–Trinajstić information content (AvgIpc) is 2.74. The van der Waals surface area contributed by atoms with E-state index in [1.807, 2.05) is 26.0 Å². The molecule has 6 heteroatoms. The fourth-order valence-corrected chi connectivity index (χ4v) is 2.66. The van der Waals surface area contributed by atoms with Crippen LogP contribution >= 0.6 is 0 Å². The minimum Gasteiger partial charge on any atom is -0.389 e. The zero-order valence-corrected chi connectivity index (χ0v) is 15.4. The van der Waals surface area contributed by atoms with Crippen LogP contribution in [0.5, 0.6) is 0 Å². The molecular formula is C18H27N3O3. The number of aliphatic hydroxyl groups is 1. The number of nitrogens with zero attached hydrogens (tertiary/aromatic N) is 3. The molecule has 1 amide bonds. The first-order chi connectivity index (χ1) is 11.1. The van der Waals surface area contributed by atoms with Gasteiger partial charge in [0.1, 0.15) is 11.6 Å². The van der Waals surface area contributed by atoms with Crippen molar-refractivity contribution in [2.45, 2.75) is 39.8 Å². The molecular weight excluding hydrogens is 306 g/mol. The summed E-state index contributed by atoms with van der Waals surface area (Å²) in [6.07, 6.45) is 1.61. The fraction of sp³-hybridized carbons (Fsp3) is 0.556. The van der Waals surface area contributed by atoms with Crippen LogP contribution in [0.2, 0.25) is 0 Å². The summed E-state index contributed by atoms with van der Waals surface area (Å²) in [5, 5.41) is 19.2. The predicted molar refractivity (Wildman–Crippen MR) is 93.3 cm³/mol.